The van der Waals surface area contributed by atoms with Gasteiger partial charge in [-0.25, -0.2) is 21.6 Å². The predicted octanol–water partition coefficient (Wildman–Crippen LogP) is 1.80. The number of hydrogen-bond acceptors (Lipinski definition) is 6. The number of carbonyl (C=O) groups excluding carboxylic acids is 1. The van der Waals surface area contributed by atoms with Crippen LogP contribution in [0, 0.1) is 0 Å². The Morgan fingerprint density at radius 3 is 2.21 bits per heavy atom. The van der Waals surface area contributed by atoms with E-state index in [1.54, 1.807) is 18.2 Å². The fourth-order valence-corrected chi connectivity index (χ4v) is 4.64. The zero-order valence-corrected chi connectivity index (χ0v) is 17.6. The van der Waals surface area contributed by atoms with Gasteiger partial charge in [-0.1, -0.05) is 18.2 Å². The quantitative estimate of drug-likeness (QED) is 0.515. The van der Waals surface area contributed by atoms with Crippen LogP contribution in [0.3, 0.4) is 0 Å². The number of anilines is 1. The summed E-state index contributed by atoms with van der Waals surface area (Å²) in [7, 11) is -7.43. The van der Waals surface area contributed by atoms with Crippen molar-refractivity contribution in [2.75, 3.05) is 30.8 Å². The molecule has 10 heteroatoms. The molecule has 2 rings (SSSR count). The van der Waals surface area contributed by atoms with Crippen molar-refractivity contribution in [2.24, 2.45) is 0 Å². The standard InChI is InChI=1S/C19H24N2O6S2/c1-2-27-14-6-13-20-29(25,26)18-11-9-16(10-12-18)21-19(22)15-28(23,24)17-7-4-3-5-8-17/h3-5,7-12,20H,2,6,13-15H2,1H3,(H,21,22). The first-order valence-electron chi connectivity index (χ1n) is 9.00. The maximum absolute atomic E-state index is 12.2. The highest BCUT2D eigenvalue weighted by Crippen LogP contribution is 2.15. The summed E-state index contributed by atoms with van der Waals surface area (Å²) < 4.78 is 56.5. The average molecular weight is 441 g/mol. The van der Waals surface area contributed by atoms with Gasteiger partial charge in [0.25, 0.3) is 0 Å². The molecule has 0 aliphatic heterocycles. The molecule has 0 heterocycles. The Kier molecular flexibility index (Phi) is 8.32. The molecule has 0 bridgehead atoms. The molecule has 29 heavy (non-hydrogen) atoms. The van der Waals surface area contributed by atoms with Crippen molar-refractivity contribution < 1.29 is 26.4 Å². The van der Waals surface area contributed by atoms with Gasteiger partial charge in [0.15, 0.2) is 9.84 Å². The minimum Gasteiger partial charge on any atom is -0.382 e. The normalized spacial score (nSPS) is 11.9. The minimum absolute atomic E-state index is 0.0452. The van der Waals surface area contributed by atoms with Gasteiger partial charge in [0.1, 0.15) is 5.75 Å². The van der Waals surface area contributed by atoms with Crippen molar-refractivity contribution >= 4 is 31.5 Å². The molecule has 0 aromatic heterocycles. The Morgan fingerprint density at radius 2 is 1.59 bits per heavy atom. The molecule has 2 N–H and O–H groups in total. The smallest absolute Gasteiger partial charge is 0.240 e. The van der Waals surface area contributed by atoms with E-state index in [4.69, 9.17) is 4.74 Å². The molecule has 1 amide bonds. The van der Waals surface area contributed by atoms with E-state index >= 15 is 0 Å². The maximum Gasteiger partial charge on any atom is 0.240 e. The molecule has 0 atom stereocenters. The number of rotatable bonds is 11. The molecule has 2 aromatic carbocycles. The molecular weight excluding hydrogens is 416 g/mol. The van der Waals surface area contributed by atoms with E-state index < -0.39 is 31.5 Å². The third-order valence-corrected chi connectivity index (χ3v) is 6.94. The van der Waals surface area contributed by atoms with Crippen molar-refractivity contribution in [3.05, 3.63) is 54.6 Å². The second-order valence-corrected chi connectivity index (χ2v) is 9.85. The number of sulfone groups is 1. The number of ether oxygens (including phenoxy) is 1. The van der Waals surface area contributed by atoms with Crippen LogP contribution in [0.25, 0.3) is 0 Å². The third kappa shape index (κ3) is 7.24. The number of sulfonamides is 1. The summed E-state index contributed by atoms with van der Waals surface area (Å²) >= 11 is 0. The Balaban J connectivity index is 1.93. The van der Waals surface area contributed by atoms with Crippen LogP contribution in [0.1, 0.15) is 13.3 Å². The van der Waals surface area contributed by atoms with Crippen LogP contribution in [-0.2, 0) is 29.4 Å². The van der Waals surface area contributed by atoms with Crippen molar-refractivity contribution in [1.82, 2.24) is 4.72 Å². The van der Waals surface area contributed by atoms with Gasteiger partial charge in [0.2, 0.25) is 15.9 Å². The van der Waals surface area contributed by atoms with Gasteiger partial charge in [0.05, 0.1) is 9.79 Å². The van der Waals surface area contributed by atoms with E-state index in [9.17, 15) is 21.6 Å². The molecule has 0 aliphatic rings. The topological polar surface area (TPSA) is 119 Å². The molecule has 8 nitrogen and oxygen atoms in total. The molecule has 2 aromatic rings. The van der Waals surface area contributed by atoms with Gasteiger partial charge in [0, 0.05) is 25.4 Å². The minimum atomic E-state index is -3.76. The van der Waals surface area contributed by atoms with Crippen LogP contribution in [-0.4, -0.2) is 48.3 Å². The first-order valence-corrected chi connectivity index (χ1v) is 12.1. The molecule has 0 radical (unpaired) electrons. The van der Waals surface area contributed by atoms with Crippen LogP contribution >= 0.6 is 0 Å². The Morgan fingerprint density at radius 1 is 0.931 bits per heavy atom. The highest BCUT2D eigenvalue weighted by atomic mass is 32.2. The van der Waals surface area contributed by atoms with Gasteiger partial charge in [-0.2, -0.15) is 0 Å². The van der Waals surface area contributed by atoms with Crippen LogP contribution in [0.4, 0.5) is 5.69 Å². The van der Waals surface area contributed by atoms with Gasteiger partial charge in [-0.05, 0) is 49.7 Å². The monoisotopic (exact) mass is 440 g/mol. The SMILES string of the molecule is CCOCCCNS(=O)(=O)c1ccc(NC(=O)CS(=O)(=O)c2ccccc2)cc1. The molecule has 0 spiro atoms. The summed E-state index contributed by atoms with van der Waals surface area (Å²) in [4.78, 5) is 12.2. The second kappa shape index (κ2) is 10.5. The zero-order chi connectivity index (χ0) is 21.3. The summed E-state index contributed by atoms with van der Waals surface area (Å²) in [6.45, 7) is 3.15. The molecule has 0 aliphatic carbocycles. The molecule has 0 saturated heterocycles. The van der Waals surface area contributed by atoms with Crippen molar-refractivity contribution in [3.8, 4) is 0 Å². The third-order valence-electron chi connectivity index (χ3n) is 3.83. The zero-order valence-electron chi connectivity index (χ0n) is 16.0. The van der Waals surface area contributed by atoms with Gasteiger partial charge < -0.3 is 10.1 Å². The number of nitrogens with one attached hydrogen (secondary N) is 2. The van der Waals surface area contributed by atoms with Crippen molar-refractivity contribution in [3.63, 3.8) is 0 Å². The average Bonchev–Trinajstić information content (AvgIpc) is 2.68. The lowest BCUT2D eigenvalue weighted by molar-refractivity contribution is -0.113. The van der Waals surface area contributed by atoms with Crippen LogP contribution < -0.4 is 10.0 Å². The van der Waals surface area contributed by atoms with Crippen LogP contribution in [0.2, 0.25) is 0 Å². The molecule has 158 valence electrons. The lowest BCUT2D eigenvalue weighted by Crippen LogP contribution is -2.26. The van der Waals surface area contributed by atoms with E-state index in [-0.39, 0.29) is 16.3 Å². The number of carbonyl (C=O) groups is 1. The highest BCUT2D eigenvalue weighted by molar-refractivity contribution is 7.92. The van der Waals surface area contributed by atoms with Crippen LogP contribution in [0.15, 0.2) is 64.4 Å². The van der Waals surface area contributed by atoms with E-state index in [0.29, 0.717) is 25.3 Å². The summed E-state index contributed by atoms with van der Waals surface area (Å²) in [5.74, 6) is -1.42. The van der Waals surface area contributed by atoms with Crippen molar-refractivity contribution in [1.29, 1.82) is 0 Å². The number of amides is 1. The number of hydrogen-bond donors (Lipinski definition) is 2. The Labute approximate surface area is 171 Å². The highest BCUT2D eigenvalue weighted by Gasteiger charge is 2.19. The number of benzene rings is 2. The van der Waals surface area contributed by atoms with Gasteiger partial charge in [-0.15, -0.1) is 0 Å². The summed E-state index contributed by atoms with van der Waals surface area (Å²) in [6, 6.07) is 13.2. The van der Waals surface area contributed by atoms with Gasteiger partial charge in [-0.3, -0.25) is 4.79 Å². The van der Waals surface area contributed by atoms with E-state index in [1.165, 1.54) is 36.4 Å². The Bertz CT molecular complexity index is 1000. The summed E-state index contributed by atoms with van der Waals surface area (Å²) in [6.07, 6.45) is 0.553. The first kappa shape index (κ1) is 23.0. The van der Waals surface area contributed by atoms with E-state index in [2.05, 4.69) is 10.0 Å². The lowest BCUT2D eigenvalue weighted by Gasteiger charge is -2.09. The molecule has 0 unspecified atom stereocenters. The lowest BCUT2D eigenvalue weighted by atomic mass is 10.3. The fraction of sp³-hybridized carbons (Fsp3) is 0.316. The maximum atomic E-state index is 12.2. The van der Waals surface area contributed by atoms with Gasteiger partial charge >= 0.3 is 0 Å². The molecule has 0 fully saturated rings. The molecule has 0 saturated carbocycles. The second-order valence-electron chi connectivity index (χ2n) is 6.09. The first-order chi connectivity index (χ1) is 13.7. The Hall–Kier alpha value is -2.27. The molecular formula is C19H24N2O6S2. The van der Waals surface area contributed by atoms with E-state index in [1.807, 2.05) is 6.92 Å². The summed E-state index contributed by atoms with van der Waals surface area (Å²) in [5.41, 5.74) is 0.300. The predicted molar refractivity (Wildman–Crippen MR) is 110 cm³/mol. The van der Waals surface area contributed by atoms with Crippen molar-refractivity contribution in [2.45, 2.75) is 23.1 Å². The van der Waals surface area contributed by atoms with Crippen LogP contribution in [0.5, 0.6) is 0 Å². The fourth-order valence-electron chi connectivity index (χ4n) is 2.41. The largest absolute Gasteiger partial charge is 0.382 e. The summed E-state index contributed by atoms with van der Waals surface area (Å²) in [5, 5.41) is 2.46. The van der Waals surface area contributed by atoms with E-state index in [0.717, 1.165) is 0 Å².